The number of carbonyl (C=O) groups excluding carboxylic acids is 1. The van der Waals surface area contributed by atoms with Crippen molar-refractivity contribution in [3.63, 3.8) is 0 Å². The zero-order valence-electron chi connectivity index (χ0n) is 13.2. The monoisotopic (exact) mass is 298 g/mol. The third kappa shape index (κ3) is 3.79. The van der Waals surface area contributed by atoms with E-state index >= 15 is 0 Å². The molecule has 0 aromatic heterocycles. The number of para-hydroxylation sites is 1. The molecule has 0 unspecified atom stereocenters. The van der Waals surface area contributed by atoms with Crippen LogP contribution in [0, 0.1) is 0 Å². The van der Waals surface area contributed by atoms with Crippen molar-refractivity contribution in [1.29, 1.82) is 0 Å². The molecule has 0 aliphatic heterocycles. The SMILES string of the molecule is COc1ccccc1C(C)(C)NC(=O)Cc1ccc(N)cc1. The zero-order chi connectivity index (χ0) is 16.2. The Morgan fingerprint density at radius 2 is 1.77 bits per heavy atom. The second-order valence-corrected chi connectivity index (χ2v) is 5.79. The largest absolute Gasteiger partial charge is 0.496 e. The van der Waals surface area contributed by atoms with Crippen molar-refractivity contribution < 1.29 is 9.53 Å². The van der Waals surface area contributed by atoms with Crippen LogP contribution in [0.5, 0.6) is 5.75 Å². The lowest BCUT2D eigenvalue weighted by atomic mass is 9.93. The molecule has 2 rings (SSSR count). The second kappa shape index (κ2) is 6.52. The molecule has 0 spiro atoms. The van der Waals surface area contributed by atoms with Gasteiger partial charge in [0.15, 0.2) is 0 Å². The molecule has 0 saturated carbocycles. The normalized spacial score (nSPS) is 11.0. The number of anilines is 1. The molecule has 22 heavy (non-hydrogen) atoms. The van der Waals surface area contributed by atoms with Crippen LogP contribution in [-0.4, -0.2) is 13.0 Å². The maximum atomic E-state index is 12.3. The lowest BCUT2D eigenvalue weighted by Crippen LogP contribution is -2.42. The molecule has 2 aromatic rings. The van der Waals surface area contributed by atoms with Gasteiger partial charge in [0, 0.05) is 11.3 Å². The first-order valence-corrected chi connectivity index (χ1v) is 7.21. The van der Waals surface area contributed by atoms with Crippen LogP contribution < -0.4 is 15.8 Å². The molecule has 0 radical (unpaired) electrons. The molecule has 1 amide bonds. The summed E-state index contributed by atoms with van der Waals surface area (Å²) in [6.07, 6.45) is 0.318. The standard InChI is InChI=1S/C18H22N2O2/c1-18(2,15-6-4-5-7-16(15)22-3)20-17(21)12-13-8-10-14(19)11-9-13/h4-11H,12,19H2,1-3H3,(H,20,21). The highest BCUT2D eigenvalue weighted by Gasteiger charge is 2.25. The number of ether oxygens (including phenoxy) is 1. The van der Waals surface area contributed by atoms with Gasteiger partial charge in [0.1, 0.15) is 5.75 Å². The molecule has 0 aliphatic rings. The molecular weight excluding hydrogens is 276 g/mol. The molecular formula is C18H22N2O2. The first-order chi connectivity index (χ1) is 10.4. The number of amides is 1. The topological polar surface area (TPSA) is 64.3 Å². The first-order valence-electron chi connectivity index (χ1n) is 7.21. The van der Waals surface area contributed by atoms with E-state index in [0.29, 0.717) is 12.1 Å². The Kier molecular flexibility index (Phi) is 4.71. The van der Waals surface area contributed by atoms with E-state index in [2.05, 4.69) is 5.32 Å². The van der Waals surface area contributed by atoms with Gasteiger partial charge in [-0.1, -0.05) is 30.3 Å². The quantitative estimate of drug-likeness (QED) is 0.834. The Morgan fingerprint density at radius 1 is 1.14 bits per heavy atom. The van der Waals surface area contributed by atoms with Crippen molar-refractivity contribution >= 4 is 11.6 Å². The molecule has 0 heterocycles. The molecule has 0 bridgehead atoms. The van der Waals surface area contributed by atoms with E-state index in [1.165, 1.54) is 0 Å². The highest BCUT2D eigenvalue weighted by Crippen LogP contribution is 2.29. The van der Waals surface area contributed by atoms with Crippen molar-refractivity contribution in [2.24, 2.45) is 0 Å². The Morgan fingerprint density at radius 3 is 2.41 bits per heavy atom. The predicted molar refractivity (Wildman–Crippen MR) is 88.7 cm³/mol. The summed E-state index contributed by atoms with van der Waals surface area (Å²) in [6.45, 7) is 3.93. The number of nitrogens with two attached hydrogens (primary N) is 1. The van der Waals surface area contributed by atoms with Gasteiger partial charge < -0.3 is 15.8 Å². The lowest BCUT2D eigenvalue weighted by Gasteiger charge is -2.28. The van der Waals surface area contributed by atoms with Gasteiger partial charge in [-0.05, 0) is 37.6 Å². The fourth-order valence-electron chi connectivity index (χ4n) is 2.44. The van der Waals surface area contributed by atoms with Crippen LogP contribution >= 0.6 is 0 Å². The number of carbonyl (C=O) groups is 1. The van der Waals surface area contributed by atoms with Crippen molar-refractivity contribution in [2.75, 3.05) is 12.8 Å². The van der Waals surface area contributed by atoms with Crippen LogP contribution in [0.1, 0.15) is 25.0 Å². The predicted octanol–water partition coefficient (Wildman–Crippen LogP) is 2.87. The summed E-state index contributed by atoms with van der Waals surface area (Å²) in [5.41, 5.74) is 7.71. The summed E-state index contributed by atoms with van der Waals surface area (Å²) in [7, 11) is 1.63. The van der Waals surface area contributed by atoms with Gasteiger partial charge >= 0.3 is 0 Å². The molecule has 2 aromatic carbocycles. The number of nitrogens with one attached hydrogen (secondary N) is 1. The van der Waals surface area contributed by atoms with Gasteiger partial charge in [-0.25, -0.2) is 0 Å². The van der Waals surface area contributed by atoms with Crippen LogP contribution in [0.25, 0.3) is 0 Å². The zero-order valence-corrected chi connectivity index (χ0v) is 13.2. The number of methoxy groups -OCH3 is 1. The van der Waals surface area contributed by atoms with Gasteiger partial charge in [0.25, 0.3) is 0 Å². The molecule has 3 N–H and O–H groups in total. The average molecular weight is 298 g/mol. The second-order valence-electron chi connectivity index (χ2n) is 5.79. The third-order valence-electron chi connectivity index (χ3n) is 3.58. The number of benzene rings is 2. The summed E-state index contributed by atoms with van der Waals surface area (Å²) in [6, 6.07) is 15.0. The minimum atomic E-state index is -0.516. The van der Waals surface area contributed by atoms with E-state index in [1.54, 1.807) is 19.2 Å². The van der Waals surface area contributed by atoms with Crippen LogP contribution in [0.15, 0.2) is 48.5 Å². The average Bonchev–Trinajstić information content (AvgIpc) is 2.49. The summed E-state index contributed by atoms with van der Waals surface area (Å²) >= 11 is 0. The number of hydrogen-bond donors (Lipinski definition) is 2. The highest BCUT2D eigenvalue weighted by molar-refractivity contribution is 5.79. The van der Waals surface area contributed by atoms with E-state index in [1.807, 2.05) is 50.2 Å². The van der Waals surface area contributed by atoms with Crippen molar-refractivity contribution in [2.45, 2.75) is 25.8 Å². The molecule has 4 nitrogen and oxygen atoms in total. The number of hydrogen-bond acceptors (Lipinski definition) is 3. The minimum Gasteiger partial charge on any atom is -0.496 e. The van der Waals surface area contributed by atoms with Crippen LogP contribution in [0.3, 0.4) is 0 Å². The van der Waals surface area contributed by atoms with Crippen LogP contribution in [-0.2, 0) is 16.8 Å². The molecule has 0 aliphatic carbocycles. The Balaban J connectivity index is 2.10. The fourth-order valence-corrected chi connectivity index (χ4v) is 2.44. The Bertz CT molecular complexity index is 648. The highest BCUT2D eigenvalue weighted by atomic mass is 16.5. The third-order valence-corrected chi connectivity index (χ3v) is 3.58. The molecule has 116 valence electrons. The van der Waals surface area contributed by atoms with Gasteiger partial charge in [-0.15, -0.1) is 0 Å². The van der Waals surface area contributed by atoms with Gasteiger partial charge in [0.05, 0.1) is 19.1 Å². The van der Waals surface area contributed by atoms with Crippen LogP contribution in [0.2, 0.25) is 0 Å². The van der Waals surface area contributed by atoms with Gasteiger partial charge in [-0.3, -0.25) is 4.79 Å². The maximum Gasteiger partial charge on any atom is 0.225 e. The Labute approximate surface area is 131 Å². The molecule has 0 atom stereocenters. The van der Waals surface area contributed by atoms with E-state index in [4.69, 9.17) is 10.5 Å². The van der Waals surface area contributed by atoms with Crippen molar-refractivity contribution in [3.05, 3.63) is 59.7 Å². The number of nitrogen functional groups attached to an aromatic ring is 1. The first kappa shape index (κ1) is 15.9. The van der Waals surface area contributed by atoms with Gasteiger partial charge in [-0.2, -0.15) is 0 Å². The molecule has 4 heteroatoms. The van der Waals surface area contributed by atoms with Crippen molar-refractivity contribution in [1.82, 2.24) is 5.32 Å². The van der Waals surface area contributed by atoms with E-state index < -0.39 is 5.54 Å². The maximum absolute atomic E-state index is 12.3. The van der Waals surface area contributed by atoms with E-state index in [9.17, 15) is 4.79 Å². The molecule has 0 fully saturated rings. The van der Waals surface area contributed by atoms with E-state index in [-0.39, 0.29) is 5.91 Å². The number of rotatable bonds is 5. The fraction of sp³-hybridized carbons (Fsp3) is 0.278. The van der Waals surface area contributed by atoms with Crippen LogP contribution in [0.4, 0.5) is 5.69 Å². The van der Waals surface area contributed by atoms with E-state index in [0.717, 1.165) is 16.9 Å². The lowest BCUT2D eigenvalue weighted by molar-refractivity contribution is -0.122. The summed E-state index contributed by atoms with van der Waals surface area (Å²) < 4.78 is 5.38. The minimum absolute atomic E-state index is 0.0410. The summed E-state index contributed by atoms with van der Waals surface area (Å²) in [4.78, 5) is 12.3. The molecule has 0 saturated heterocycles. The summed E-state index contributed by atoms with van der Waals surface area (Å²) in [5.74, 6) is 0.723. The van der Waals surface area contributed by atoms with Crippen molar-refractivity contribution in [3.8, 4) is 5.75 Å². The Hall–Kier alpha value is -2.49. The summed E-state index contributed by atoms with van der Waals surface area (Å²) in [5, 5.41) is 3.06. The van der Waals surface area contributed by atoms with Gasteiger partial charge in [0.2, 0.25) is 5.91 Å². The smallest absolute Gasteiger partial charge is 0.225 e.